The average molecular weight is 496 g/mol. The molecule has 6 nitrogen and oxygen atoms in total. The number of carbonyl (C=O) groups excluding carboxylic acids is 1. The Labute approximate surface area is 183 Å². The van der Waals surface area contributed by atoms with Crippen LogP contribution < -0.4 is 15.4 Å². The van der Waals surface area contributed by atoms with E-state index in [2.05, 4.69) is 33.8 Å². The Balaban J connectivity index is 0.00000280. The molecule has 0 unspecified atom stereocenters. The second-order valence-electron chi connectivity index (χ2n) is 6.54. The molecule has 2 aromatic rings. The first kappa shape index (κ1) is 22.3. The summed E-state index contributed by atoms with van der Waals surface area (Å²) in [6.07, 6.45) is 2.19. The monoisotopic (exact) mass is 496 g/mol. The van der Waals surface area contributed by atoms with Crippen molar-refractivity contribution in [1.29, 1.82) is 0 Å². The molecule has 1 aliphatic rings. The van der Waals surface area contributed by atoms with Gasteiger partial charge >= 0.3 is 0 Å². The molecule has 0 aliphatic carbocycles. The van der Waals surface area contributed by atoms with Gasteiger partial charge in [0.1, 0.15) is 18.9 Å². The molecule has 1 amide bonds. The minimum absolute atomic E-state index is 0. The van der Waals surface area contributed by atoms with Crippen LogP contribution in [0.15, 0.2) is 47.5 Å². The van der Waals surface area contributed by atoms with E-state index in [1.807, 2.05) is 36.1 Å². The molecular weight excluding hydrogens is 467 g/mol. The number of benzene rings is 2. The molecule has 152 valence electrons. The van der Waals surface area contributed by atoms with Crippen LogP contribution in [0.25, 0.3) is 10.8 Å². The Morgan fingerprint density at radius 3 is 2.64 bits per heavy atom. The first-order valence-corrected chi connectivity index (χ1v) is 9.68. The summed E-state index contributed by atoms with van der Waals surface area (Å²) in [5.74, 6) is 1.62. The lowest BCUT2D eigenvalue weighted by atomic mass is 10.1. The summed E-state index contributed by atoms with van der Waals surface area (Å²) < 4.78 is 5.93. The summed E-state index contributed by atoms with van der Waals surface area (Å²) in [6.45, 7) is 5.76. The van der Waals surface area contributed by atoms with Crippen molar-refractivity contribution in [2.75, 3.05) is 39.3 Å². The van der Waals surface area contributed by atoms with Crippen molar-refractivity contribution >= 4 is 46.6 Å². The van der Waals surface area contributed by atoms with Gasteiger partial charge in [-0.15, -0.1) is 24.0 Å². The van der Waals surface area contributed by atoms with Gasteiger partial charge in [0, 0.05) is 25.0 Å². The van der Waals surface area contributed by atoms with E-state index in [-0.39, 0.29) is 36.4 Å². The fourth-order valence-corrected chi connectivity index (χ4v) is 3.21. The van der Waals surface area contributed by atoms with E-state index in [1.165, 1.54) is 5.39 Å². The molecule has 0 bridgehead atoms. The number of ether oxygens (including phenoxy) is 1. The van der Waals surface area contributed by atoms with Crippen molar-refractivity contribution in [3.05, 3.63) is 42.5 Å². The maximum absolute atomic E-state index is 12.1. The van der Waals surface area contributed by atoms with Gasteiger partial charge in [0.05, 0.1) is 6.54 Å². The topological polar surface area (TPSA) is 66.0 Å². The minimum Gasteiger partial charge on any atom is -0.491 e. The molecule has 1 fully saturated rings. The maximum Gasteiger partial charge on any atom is 0.244 e. The van der Waals surface area contributed by atoms with Crippen molar-refractivity contribution in [3.8, 4) is 5.75 Å². The Morgan fingerprint density at radius 2 is 1.86 bits per heavy atom. The lowest BCUT2D eigenvalue weighted by Gasteiger charge is -2.15. The van der Waals surface area contributed by atoms with Gasteiger partial charge in [0.2, 0.25) is 5.91 Å². The summed E-state index contributed by atoms with van der Waals surface area (Å²) >= 11 is 0. The van der Waals surface area contributed by atoms with E-state index in [4.69, 9.17) is 4.74 Å². The third-order valence-corrected chi connectivity index (χ3v) is 4.58. The van der Waals surface area contributed by atoms with E-state index >= 15 is 0 Å². The molecule has 0 radical (unpaired) electrons. The predicted molar refractivity (Wildman–Crippen MR) is 125 cm³/mol. The number of rotatable bonds is 7. The first-order chi connectivity index (χ1) is 13.3. The number of hydrogen-bond acceptors (Lipinski definition) is 3. The molecule has 1 saturated heterocycles. The van der Waals surface area contributed by atoms with Crippen LogP contribution in [0.1, 0.15) is 19.8 Å². The molecule has 0 aromatic heterocycles. The highest BCUT2D eigenvalue weighted by Gasteiger charge is 2.17. The van der Waals surface area contributed by atoms with E-state index in [0.29, 0.717) is 19.1 Å². The van der Waals surface area contributed by atoms with Crippen LogP contribution in [0, 0.1) is 0 Å². The fraction of sp³-hybridized carbons (Fsp3) is 0.429. The van der Waals surface area contributed by atoms with Crippen LogP contribution in [0.3, 0.4) is 0 Å². The van der Waals surface area contributed by atoms with Crippen molar-refractivity contribution in [2.24, 2.45) is 4.99 Å². The molecule has 3 rings (SSSR count). The highest BCUT2D eigenvalue weighted by Crippen LogP contribution is 2.24. The second-order valence-corrected chi connectivity index (χ2v) is 6.54. The van der Waals surface area contributed by atoms with Gasteiger partial charge in [-0.25, -0.2) is 4.99 Å². The zero-order chi connectivity index (χ0) is 18.9. The van der Waals surface area contributed by atoms with Gasteiger partial charge in [-0.2, -0.15) is 0 Å². The van der Waals surface area contributed by atoms with E-state index in [1.54, 1.807) is 0 Å². The number of aliphatic imine (C=N–C) groups is 1. The summed E-state index contributed by atoms with van der Waals surface area (Å²) in [4.78, 5) is 18.4. The summed E-state index contributed by atoms with van der Waals surface area (Å²) in [5, 5.41) is 8.67. The number of nitrogens with zero attached hydrogens (tertiary/aromatic N) is 2. The molecule has 1 aliphatic heterocycles. The highest BCUT2D eigenvalue weighted by atomic mass is 127. The van der Waals surface area contributed by atoms with E-state index < -0.39 is 0 Å². The predicted octanol–water partition coefficient (Wildman–Crippen LogP) is 3.01. The molecule has 2 aromatic carbocycles. The third kappa shape index (κ3) is 6.25. The van der Waals surface area contributed by atoms with Crippen molar-refractivity contribution in [2.45, 2.75) is 19.8 Å². The fourth-order valence-electron chi connectivity index (χ4n) is 3.21. The molecule has 7 heteroatoms. The van der Waals surface area contributed by atoms with Gasteiger partial charge in [0.15, 0.2) is 5.96 Å². The van der Waals surface area contributed by atoms with Crippen LogP contribution in [0.4, 0.5) is 0 Å². The molecule has 2 N–H and O–H groups in total. The number of nitrogens with one attached hydrogen (secondary N) is 2. The van der Waals surface area contributed by atoms with Gasteiger partial charge in [-0.3, -0.25) is 4.79 Å². The Bertz CT molecular complexity index is 786. The summed E-state index contributed by atoms with van der Waals surface area (Å²) in [6, 6.07) is 14.2. The van der Waals surface area contributed by atoms with Crippen molar-refractivity contribution in [1.82, 2.24) is 15.5 Å². The van der Waals surface area contributed by atoms with Crippen LogP contribution in [0.2, 0.25) is 0 Å². The normalized spacial score (nSPS) is 13.9. The van der Waals surface area contributed by atoms with Gasteiger partial charge in [-0.1, -0.05) is 36.4 Å². The second kappa shape index (κ2) is 11.7. The smallest absolute Gasteiger partial charge is 0.244 e. The Hall–Kier alpha value is -2.03. The lowest BCUT2D eigenvalue weighted by molar-refractivity contribution is -0.128. The lowest BCUT2D eigenvalue weighted by Crippen LogP contribution is -2.40. The number of guanidine groups is 1. The number of halogens is 1. The summed E-state index contributed by atoms with van der Waals surface area (Å²) in [7, 11) is 0. The van der Waals surface area contributed by atoms with Gasteiger partial charge in [-0.05, 0) is 31.2 Å². The highest BCUT2D eigenvalue weighted by molar-refractivity contribution is 14.0. The van der Waals surface area contributed by atoms with Crippen molar-refractivity contribution < 1.29 is 9.53 Å². The molecule has 0 saturated carbocycles. The standard InChI is InChI=1S/C21H28N4O2.HI/c1-2-22-21(24-16-20(26)25-13-5-6-14-25)23-12-15-27-19-11-7-9-17-8-3-4-10-18(17)19;/h3-4,7-11H,2,5-6,12-16H2,1H3,(H2,22,23,24);1H. The zero-order valence-corrected chi connectivity index (χ0v) is 18.6. The molecule has 28 heavy (non-hydrogen) atoms. The number of amides is 1. The van der Waals surface area contributed by atoms with Gasteiger partial charge < -0.3 is 20.3 Å². The van der Waals surface area contributed by atoms with Crippen LogP contribution in [-0.4, -0.2) is 56.1 Å². The third-order valence-electron chi connectivity index (χ3n) is 4.58. The number of fused-ring (bicyclic) bond motifs is 1. The molecule has 0 atom stereocenters. The maximum atomic E-state index is 12.1. The number of likely N-dealkylation sites (tertiary alicyclic amines) is 1. The SMILES string of the molecule is CCNC(=NCC(=O)N1CCCC1)NCCOc1cccc2ccccc12.I. The van der Waals surface area contributed by atoms with Crippen LogP contribution in [0.5, 0.6) is 5.75 Å². The average Bonchev–Trinajstić information content (AvgIpc) is 3.24. The van der Waals surface area contributed by atoms with Crippen LogP contribution in [-0.2, 0) is 4.79 Å². The van der Waals surface area contributed by atoms with E-state index in [0.717, 1.165) is 43.6 Å². The molecule has 1 heterocycles. The minimum atomic E-state index is 0. The van der Waals surface area contributed by atoms with Crippen LogP contribution >= 0.6 is 24.0 Å². The molecule has 0 spiro atoms. The first-order valence-electron chi connectivity index (χ1n) is 9.68. The quantitative estimate of drug-likeness (QED) is 0.268. The zero-order valence-electron chi connectivity index (χ0n) is 16.3. The molecular formula is C21H29IN4O2. The largest absolute Gasteiger partial charge is 0.491 e. The van der Waals surface area contributed by atoms with E-state index in [9.17, 15) is 4.79 Å². The van der Waals surface area contributed by atoms with Crippen molar-refractivity contribution in [3.63, 3.8) is 0 Å². The van der Waals surface area contributed by atoms with Gasteiger partial charge in [0.25, 0.3) is 0 Å². The summed E-state index contributed by atoms with van der Waals surface area (Å²) in [5.41, 5.74) is 0. The Kier molecular flexibility index (Phi) is 9.33. The Morgan fingerprint density at radius 1 is 1.11 bits per heavy atom. The number of hydrogen-bond donors (Lipinski definition) is 2. The number of carbonyl (C=O) groups is 1.